The summed E-state index contributed by atoms with van der Waals surface area (Å²) in [6.07, 6.45) is 0. The Morgan fingerprint density at radius 1 is 1.38 bits per heavy atom. The van der Waals surface area contributed by atoms with Crippen LogP contribution in [0.5, 0.6) is 0 Å². The molecule has 0 aromatic carbocycles. The quantitative estimate of drug-likeness (QED) is 0.471. The molecule has 86 valence electrons. The third-order valence-corrected chi connectivity index (χ3v) is 2.35. The molecule has 5 nitrogen and oxygen atoms in total. The third kappa shape index (κ3) is 3.54. The van der Waals surface area contributed by atoms with E-state index in [2.05, 4.69) is 20.7 Å². The van der Waals surface area contributed by atoms with Crippen LogP contribution < -0.4 is 5.43 Å². The molecule has 0 saturated heterocycles. The normalized spacial score (nSPS) is 11.1. The van der Waals surface area contributed by atoms with E-state index in [1.807, 2.05) is 40.1 Å². The monoisotopic (exact) mass is 237 g/mol. The molecule has 0 aliphatic heterocycles. The summed E-state index contributed by atoms with van der Waals surface area (Å²) >= 11 is 5.04. The fourth-order valence-electron chi connectivity index (χ4n) is 0.881. The molecular weight excluding hydrogens is 222 g/mol. The Balaban J connectivity index is 2.70. The fourth-order valence-corrected chi connectivity index (χ4v) is 0.926. The van der Waals surface area contributed by atoms with Crippen LogP contribution in [0.15, 0.2) is 17.2 Å². The predicted molar refractivity (Wildman–Crippen MR) is 68.4 cm³/mol. The molecule has 0 atom stereocenters. The summed E-state index contributed by atoms with van der Waals surface area (Å²) in [5.41, 5.74) is 5.14. The van der Waals surface area contributed by atoms with Crippen molar-refractivity contribution in [2.24, 2.45) is 5.10 Å². The molecule has 0 radical (unpaired) electrons. The fraction of sp³-hybridized carbons (Fsp3) is 0.400. The molecule has 0 aliphatic rings. The summed E-state index contributed by atoms with van der Waals surface area (Å²) in [7, 11) is 3.71. The van der Waals surface area contributed by atoms with Gasteiger partial charge in [-0.2, -0.15) is 10.2 Å². The van der Waals surface area contributed by atoms with E-state index in [4.69, 9.17) is 12.2 Å². The minimum atomic E-state index is 0.555. The van der Waals surface area contributed by atoms with Gasteiger partial charge < -0.3 is 4.90 Å². The molecule has 6 heteroatoms. The average Bonchev–Trinajstić information content (AvgIpc) is 2.26. The van der Waals surface area contributed by atoms with Crippen LogP contribution in [0.2, 0.25) is 0 Å². The highest BCUT2D eigenvalue weighted by molar-refractivity contribution is 7.80. The van der Waals surface area contributed by atoms with Crippen molar-refractivity contribution in [1.29, 1.82) is 0 Å². The van der Waals surface area contributed by atoms with E-state index in [1.165, 1.54) is 0 Å². The number of aromatic nitrogens is 2. The van der Waals surface area contributed by atoms with Crippen LogP contribution in [0, 0.1) is 6.92 Å². The number of thiocarbonyl (C=S) groups is 1. The molecule has 16 heavy (non-hydrogen) atoms. The summed E-state index contributed by atoms with van der Waals surface area (Å²) in [5, 5.41) is 12.7. The molecule has 0 bridgehead atoms. The number of rotatable bonds is 2. The molecule has 1 rings (SSSR count). The number of hydrogen-bond donors (Lipinski definition) is 1. The van der Waals surface area contributed by atoms with Crippen LogP contribution in [-0.2, 0) is 0 Å². The van der Waals surface area contributed by atoms with Crippen LogP contribution in [0.25, 0.3) is 0 Å². The third-order valence-electron chi connectivity index (χ3n) is 1.89. The summed E-state index contributed by atoms with van der Waals surface area (Å²) in [6, 6.07) is 3.77. The van der Waals surface area contributed by atoms with Crippen LogP contribution in [0.4, 0.5) is 0 Å². The summed E-state index contributed by atoms with van der Waals surface area (Å²) < 4.78 is 0. The van der Waals surface area contributed by atoms with Crippen LogP contribution in [-0.4, -0.2) is 40.0 Å². The van der Waals surface area contributed by atoms with Crippen LogP contribution in [0.3, 0.4) is 0 Å². The van der Waals surface area contributed by atoms with Gasteiger partial charge in [-0.25, -0.2) is 0 Å². The SMILES string of the molecule is C/C(=N\NC(=S)N(C)C)c1ccc(C)nn1. The van der Waals surface area contributed by atoms with E-state index < -0.39 is 0 Å². The first-order valence-electron chi connectivity index (χ1n) is 4.83. The molecule has 0 spiro atoms. The lowest BCUT2D eigenvalue weighted by molar-refractivity contribution is 0.606. The highest BCUT2D eigenvalue weighted by Crippen LogP contribution is 1.96. The molecule has 0 amide bonds. The first-order chi connectivity index (χ1) is 7.50. The van der Waals surface area contributed by atoms with E-state index in [-0.39, 0.29) is 0 Å². The van der Waals surface area contributed by atoms with E-state index in [9.17, 15) is 0 Å². The number of hydrogen-bond acceptors (Lipinski definition) is 4. The predicted octanol–water partition coefficient (Wildman–Crippen LogP) is 0.945. The van der Waals surface area contributed by atoms with E-state index in [0.717, 1.165) is 17.1 Å². The van der Waals surface area contributed by atoms with Gasteiger partial charge in [-0.1, -0.05) is 0 Å². The summed E-state index contributed by atoms with van der Waals surface area (Å²) in [4.78, 5) is 1.77. The van der Waals surface area contributed by atoms with Gasteiger partial charge in [0.15, 0.2) is 5.11 Å². The summed E-state index contributed by atoms with van der Waals surface area (Å²) in [5.74, 6) is 0. The van der Waals surface area contributed by atoms with Crippen molar-refractivity contribution in [3.63, 3.8) is 0 Å². The largest absolute Gasteiger partial charge is 0.354 e. The Labute approximate surface area is 101 Å². The van der Waals surface area contributed by atoms with Crippen LogP contribution in [0.1, 0.15) is 18.3 Å². The topological polar surface area (TPSA) is 53.4 Å². The second kappa shape index (κ2) is 5.50. The average molecular weight is 237 g/mol. The van der Waals surface area contributed by atoms with Gasteiger partial charge >= 0.3 is 0 Å². The summed E-state index contributed by atoms with van der Waals surface area (Å²) in [6.45, 7) is 3.74. The smallest absolute Gasteiger partial charge is 0.189 e. The van der Waals surface area contributed by atoms with Gasteiger partial charge in [-0.3, -0.25) is 5.43 Å². The minimum absolute atomic E-state index is 0.555. The molecule has 1 aromatic rings. The van der Waals surface area contributed by atoms with Crippen molar-refractivity contribution in [1.82, 2.24) is 20.5 Å². The van der Waals surface area contributed by atoms with Crippen molar-refractivity contribution < 1.29 is 0 Å². The minimum Gasteiger partial charge on any atom is -0.354 e. The lowest BCUT2D eigenvalue weighted by Gasteiger charge is -2.12. The maximum Gasteiger partial charge on any atom is 0.189 e. The lowest BCUT2D eigenvalue weighted by atomic mass is 10.3. The molecular formula is C10H15N5S. The Bertz CT molecular complexity index is 396. The van der Waals surface area contributed by atoms with Gasteiger partial charge in [0.2, 0.25) is 0 Å². The van der Waals surface area contributed by atoms with Gasteiger partial charge in [-0.05, 0) is 38.2 Å². The Kier molecular flexibility index (Phi) is 4.30. The molecule has 0 saturated carbocycles. The second-order valence-electron chi connectivity index (χ2n) is 3.57. The van der Waals surface area contributed by atoms with Gasteiger partial charge in [0, 0.05) is 14.1 Å². The maximum absolute atomic E-state index is 5.04. The zero-order valence-corrected chi connectivity index (χ0v) is 10.7. The highest BCUT2D eigenvalue weighted by Gasteiger charge is 2.01. The zero-order valence-electron chi connectivity index (χ0n) is 9.85. The Hall–Kier alpha value is -1.56. The number of nitrogens with zero attached hydrogens (tertiary/aromatic N) is 4. The van der Waals surface area contributed by atoms with Gasteiger partial charge in [0.1, 0.15) is 5.69 Å². The Morgan fingerprint density at radius 2 is 2.06 bits per heavy atom. The van der Waals surface area contributed by atoms with E-state index in [1.54, 1.807) is 4.90 Å². The molecule has 1 N–H and O–H groups in total. The Morgan fingerprint density at radius 3 is 2.56 bits per heavy atom. The van der Waals surface area contributed by atoms with Crippen molar-refractivity contribution in [3.05, 3.63) is 23.5 Å². The molecule has 1 heterocycles. The number of aryl methyl sites for hydroxylation is 1. The van der Waals surface area contributed by atoms with Gasteiger partial charge in [0.05, 0.1) is 11.4 Å². The molecule has 0 aliphatic carbocycles. The molecule has 1 aromatic heterocycles. The highest BCUT2D eigenvalue weighted by atomic mass is 32.1. The van der Waals surface area contributed by atoms with Crippen molar-refractivity contribution in [3.8, 4) is 0 Å². The van der Waals surface area contributed by atoms with E-state index >= 15 is 0 Å². The second-order valence-corrected chi connectivity index (χ2v) is 3.96. The number of nitrogens with one attached hydrogen (secondary N) is 1. The van der Waals surface area contributed by atoms with Gasteiger partial charge in [-0.15, -0.1) is 5.10 Å². The molecule has 0 unspecified atom stereocenters. The van der Waals surface area contributed by atoms with Crippen molar-refractivity contribution in [2.75, 3.05) is 14.1 Å². The standard InChI is InChI=1S/C10H15N5S/c1-7-5-6-9(13-11-7)8(2)12-14-10(16)15(3)4/h5-6H,1-4H3,(H,14,16)/b12-8+. The molecule has 0 fully saturated rings. The van der Waals surface area contributed by atoms with Gasteiger partial charge in [0.25, 0.3) is 0 Å². The first-order valence-corrected chi connectivity index (χ1v) is 5.24. The maximum atomic E-state index is 5.04. The number of hydrazone groups is 1. The zero-order chi connectivity index (χ0) is 12.1. The van der Waals surface area contributed by atoms with E-state index in [0.29, 0.717) is 5.11 Å². The van der Waals surface area contributed by atoms with Crippen molar-refractivity contribution >= 4 is 23.0 Å². The van der Waals surface area contributed by atoms with Crippen LogP contribution >= 0.6 is 12.2 Å². The van der Waals surface area contributed by atoms with Crippen molar-refractivity contribution in [2.45, 2.75) is 13.8 Å². The lowest BCUT2D eigenvalue weighted by Crippen LogP contribution is -2.31. The first kappa shape index (κ1) is 12.5.